The predicted octanol–water partition coefficient (Wildman–Crippen LogP) is 4.87. The average molecular weight is 498 g/mol. The van der Waals surface area contributed by atoms with Crippen molar-refractivity contribution in [3.05, 3.63) is 94.3 Å². The summed E-state index contributed by atoms with van der Waals surface area (Å²) in [5.74, 6) is -0.450. The number of anilines is 1. The third-order valence-corrected chi connectivity index (χ3v) is 5.86. The first-order valence-electron chi connectivity index (χ1n) is 9.67. The molecule has 33 heavy (non-hydrogen) atoms. The Bertz CT molecular complexity index is 1130. The predicted molar refractivity (Wildman–Crippen MR) is 120 cm³/mol. The molecule has 0 bridgehead atoms. The van der Waals surface area contributed by atoms with E-state index in [0.717, 1.165) is 17.8 Å². The normalized spacial score (nSPS) is 12.3. The number of carbonyl (C=O) groups excluding carboxylic acids is 1. The first kappa shape index (κ1) is 24.7. The summed E-state index contributed by atoms with van der Waals surface area (Å²) >= 11 is 3.85. The number of amides is 1. The SMILES string of the molecule is O=C(NCc1ccc(C(F)(F)F)nc1)c1ccc(N(CCc2ccccc2Cl)S(=O)O)cc1. The zero-order chi connectivity index (χ0) is 24.0. The van der Waals surface area contributed by atoms with Crippen molar-refractivity contribution in [3.63, 3.8) is 0 Å². The summed E-state index contributed by atoms with van der Waals surface area (Å²) in [6.45, 7) is 0.218. The Morgan fingerprint density at radius 3 is 2.36 bits per heavy atom. The van der Waals surface area contributed by atoms with Gasteiger partial charge in [-0.3, -0.25) is 18.6 Å². The van der Waals surface area contributed by atoms with Gasteiger partial charge in [0.2, 0.25) is 0 Å². The fourth-order valence-corrected chi connectivity index (χ4v) is 3.76. The van der Waals surface area contributed by atoms with E-state index in [2.05, 4.69) is 10.3 Å². The van der Waals surface area contributed by atoms with Crippen molar-refractivity contribution in [2.75, 3.05) is 10.8 Å². The smallest absolute Gasteiger partial charge is 0.348 e. The molecule has 2 N–H and O–H groups in total. The van der Waals surface area contributed by atoms with Crippen LogP contribution in [0.1, 0.15) is 27.2 Å². The van der Waals surface area contributed by atoms with E-state index in [1.165, 1.54) is 34.6 Å². The van der Waals surface area contributed by atoms with Crippen molar-refractivity contribution in [2.45, 2.75) is 19.1 Å². The van der Waals surface area contributed by atoms with Crippen LogP contribution in [0.3, 0.4) is 0 Å². The third-order valence-electron chi connectivity index (χ3n) is 4.72. The van der Waals surface area contributed by atoms with Gasteiger partial charge in [0.05, 0.1) is 5.69 Å². The molecule has 0 aliphatic rings. The maximum absolute atomic E-state index is 12.6. The Kier molecular flexibility index (Phi) is 8.06. The summed E-state index contributed by atoms with van der Waals surface area (Å²) in [6, 6.07) is 15.3. The number of hydrogen-bond acceptors (Lipinski definition) is 3. The molecule has 11 heteroatoms. The number of hydrogen-bond donors (Lipinski definition) is 2. The number of halogens is 4. The zero-order valence-electron chi connectivity index (χ0n) is 17.1. The zero-order valence-corrected chi connectivity index (χ0v) is 18.6. The Balaban J connectivity index is 1.61. The van der Waals surface area contributed by atoms with Crippen molar-refractivity contribution in [2.24, 2.45) is 0 Å². The Morgan fingerprint density at radius 2 is 1.79 bits per heavy atom. The molecule has 1 amide bonds. The van der Waals surface area contributed by atoms with E-state index < -0.39 is 29.0 Å². The number of carbonyl (C=O) groups is 1. The lowest BCUT2D eigenvalue weighted by Gasteiger charge is -2.20. The van der Waals surface area contributed by atoms with Gasteiger partial charge in [0.1, 0.15) is 5.69 Å². The topological polar surface area (TPSA) is 82.5 Å². The van der Waals surface area contributed by atoms with Gasteiger partial charge < -0.3 is 5.32 Å². The maximum Gasteiger partial charge on any atom is 0.433 e. The molecule has 1 aromatic heterocycles. The van der Waals surface area contributed by atoms with Crippen LogP contribution in [0.4, 0.5) is 18.9 Å². The molecule has 1 atom stereocenters. The minimum Gasteiger partial charge on any atom is -0.348 e. The van der Waals surface area contributed by atoms with E-state index in [-0.39, 0.29) is 18.7 Å². The molecule has 6 nitrogen and oxygen atoms in total. The number of aromatic nitrogens is 1. The second-order valence-electron chi connectivity index (χ2n) is 6.95. The molecule has 0 aliphatic carbocycles. The molecule has 0 spiro atoms. The number of pyridine rings is 1. The number of nitrogens with zero attached hydrogens (tertiary/aromatic N) is 2. The highest BCUT2D eigenvalue weighted by atomic mass is 35.5. The van der Waals surface area contributed by atoms with Gasteiger partial charge in [-0.2, -0.15) is 13.2 Å². The lowest BCUT2D eigenvalue weighted by molar-refractivity contribution is -0.141. The lowest BCUT2D eigenvalue weighted by atomic mass is 10.1. The van der Waals surface area contributed by atoms with Crippen LogP contribution in [0.2, 0.25) is 5.02 Å². The summed E-state index contributed by atoms with van der Waals surface area (Å²) in [7, 11) is 0. The first-order valence-corrected chi connectivity index (χ1v) is 11.1. The van der Waals surface area contributed by atoms with E-state index in [1.54, 1.807) is 12.1 Å². The fraction of sp³-hybridized carbons (Fsp3) is 0.182. The van der Waals surface area contributed by atoms with E-state index in [0.29, 0.717) is 22.7 Å². The van der Waals surface area contributed by atoms with Crippen LogP contribution in [0.25, 0.3) is 0 Å². The molecule has 1 unspecified atom stereocenters. The van der Waals surface area contributed by atoms with Crippen molar-refractivity contribution in [1.29, 1.82) is 0 Å². The molecule has 0 fully saturated rings. The van der Waals surface area contributed by atoms with Gasteiger partial charge in [0.15, 0.2) is 0 Å². The first-order chi connectivity index (χ1) is 15.6. The molecule has 174 valence electrons. The average Bonchev–Trinajstić information content (AvgIpc) is 2.78. The van der Waals surface area contributed by atoms with Gasteiger partial charge in [-0.15, -0.1) is 0 Å². The Labute approximate surface area is 195 Å². The van der Waals surface area contributed by atoms with E-state index in [1.807, 2.05) is 12.1 Å². The Hall–Kier alpha value is -2.95. The van der Waals surface area contributed by atoms with Crippen molar-refractivity contribution >= 4 is 34.5 Å². The van der Waals surface area contributed by atoms with Crippen LogP contribution in [0.15, 0.2) is 66.9 Å². The third kappa shape index (κ3) is 6.77. The van der Waals surface area contributed by atoms with Gasteiger partial charge in [-0.25, -0.2) is 4.21 Å². The van der Waals surface area contributed by atoms with E-state index >= 15 is 0 Å². The van der Waals surface area contributed by atoms with Gasteiger partial charge >= 0.3 is 6.18 Å². The number of nitrogens with one attached hydrogen (secondary N) is 1. The summed E-state index contributed by atoms with van der Waals surface area (Å²) in [6.07, 6.45) is -3.03. The lowest BCUT2D eigenvalue weighted by Crippen LogP contribution is -2.28. The molecule has 3 aromatic rings. The fourth-order valence-electron chi connectivity index (χ4n) is 2.98. The molecule has 0 radical (unpaired) electrons. The van der Waals surface area contributed by atoms with E-state index in [4.69, 9.17) is 11.6 Å². The molecule has 2 aromatic carbocycles. The molecular formula is C22H19ClF3N3O3S. The second kappa shape index (κ2) is 10.8. The quantitative estimate of drug-likeness (QED) is 0.435. The van der Waals surface area contributed by atoms with Crippen molar-refractivity contribution in [1.82, 2.24) is 10.3 Å². The summed E-state index contributed by atoms with van der Waals surface area (Å²) in [5, 5.41) is 3.17. The van der Waals surface area contributed by atoms with Gasteiger partial charge in [-0.1, -0.05) is 35.9 Å². The molecule has 3 rings (SSSR count). The van der Waals surface area contributed by atoms with Gasteiger partial charge in [0, 0.05) is 29.9 Å². The highest BCUT2D eigenvalue weighted by Crippen LogP contribution is 2.27. The molecular weight excluding hydrogens is 479 g/mol. The molecule has 0 saturated carbocycles. The monoisotopic (exact) mass is 497 g/mol. The van der Waals surface area contributed by atoms with Gasteiger partial charge in [-0.05, 0) is 53.9 Å². The van der Waals surface area contributed by atoms with Crippen LogP contribution in [0.5, 0.6) is 0 Å². The number of alkyl halides is 3. The van der Waals surface area contributed by atoms with Crippen LogP contribution in [-0.4, -0.2) is 26.2 Å². The maximum atomic E-state index is 12.6. The molecule has 0 saturated heterocycles. The molecule has 0 aliphatic heterocycles. The van der Waals surface area contributed by atoms with E-state index in [9.17, 15) is 26.7 Å². The van der Waals surface area contributed by atoms with Gasteiger partial charge in [0.25, 0.3) is 17.2 Å². The van der Waals surface area contributed by atoms with Crippen LogP contribution in [-0.2, 0) is 30.4 Å². The minimum atomic E-state index is -4.52. The van der Waals surface area contributed by atoms with Crippen molar-refractivity contribution < 1.29 is 26.7 Å². The van der Waals surface area contributed by atoms with Crippen LogP contribution in [0, 0.1) is 0 Å². The van der Waals surface area contributed by atoms with Crippen molar-refractivity contribution in [3.8, 4) is 0 Å². The highest BCUT2D eigenvalue weighted by Gasteiger charge is 2.32. The van der Waals surface area contributed by atoms with Crippen LogP contribution >= 0.6 is 11.6 Å². The summed E-state index contributed by atoms with van der Waals surface area (Å²) in [4.78, 5) is 15.7. The van der Waals surface area contributed by atoms with Crippen LogP contribution < -0.4 is 9.62 Å². The minimum absolute atomic E-state index is 0.00363. The standard InChI is InChI=1S/C22H19ClF3N3O3S/c23-19-4-2-1-3-16(19)11-12-29(33(31)32)18-8-6-17(7-9-18)21(30)28-14-15-5-10-20(27-13-15)22(24,25)26/h1-10,13H,11-12,14H2,(H,28,30)(H,31,32). The highest BCUT2D eigenvalue weighted by molar-refractivity contribution is 7.80. The number of rotatable bonds is 8. The molecule has 1 heterocycles. The second-order valence-corrected chi connectivity index (χ2v) is 8.26. The Morgan fingerprint density at radius 1 is 1.09 bits per heavy atom. The summed E-state index contributed by atoms with van der Waals surface area (Å²) < 4.78 is 60.5. The largest absolute Gasteiger partial charge is 0.433 e. The number of benzene rings is 2. The summed E-state index contributed by atoms with van der Waals surface area (Å²) in [5.41, 5.74) is 0.964.